The summed E-state index contributed by atoms with van der Waals surface area (Å²) in [5.74, 6) is 0. The molecule has 0 aromatic carbocycles. The topological polar surface area (TPSA) is 23.5 Å². The van der Waals surface area contributed by atoms with Crippen LogP contribution in [0.15, 0.2) is 11.1 Å². The fraction of sp³-hybridized carbons (Fsp3) is 0.778. The van der Waals surface area contributed by atoms with E-state index in [0.29, 0.717) is 6.54 Å². The molecule has 0 spiro atoms. The first-order valence-corrected chi connectivity index (χ1v) is 4.64. The second-order valence-electron chi connectivity index (χ2n) is 3.96. The van der Waals surface area contributed by atoms with Gasteiger partial charge in [0, 0.05) is 24.7 Å². The third kappa shape index (κ3) is 3.57. The van der Waals surface area contributed by atoms with E-state index in [1.807, 2.05) is 19.9 Å². The van der Waals surface area contributed by atoms with Gasteiger partial charge < -0.3 is 5.11 Å². The van der Waals surface area contributed by atoms with E-state index >= 15 is 0 Å². The highest BCUT2D eigenvalue weighted by atomic mass is 35.5. The molecule has 0 bridgehead atoms. The number of hydrogen-bond donors (Lipinski definition) is 1. The minimum Gasteiger partial charge on any atom is -0.389 e. The van der Waals surface area contributed by atoms with Crippen LogP contribution in [-0.2, 0) is 0 Å². The Morgan fingerprint density at radius 1 is 1.67 bits per heavy atom. The summed E-state index contributed by atoms with van der Waals surface area (Å²) in [6.45, 7) is 6.11. The van der Waals surface area contributed by atoms with Crippen molar-refractivity contribution in [2.45, 2.75) is 25.9 Å². The van der Waals surface area contributed by atoms with Crippen molar-refractivity contribution in [3.63, 3.8) is 0 Å². The van der Waals surface area contributed by atoms with E-state index < -0.39 is 5.60 Å². The maximum atomic E-state index is 9.55. The summed E-state index contributed by atoms with van der Waals surface area (Å²) < 4.78 is 0. The van der Waals surface area contributed by atoms with Crippen LogP contribution in [0, 0.1) is 0 Å². The SMILES string of the molecule is CC(C)(O)CN1CCC=C(Cl)C1. The number of rotatable bonds is 2. The first-order chi connectivity index (χ1) is 5.47. The zero-order valence-electron chi connectivity index (χ0n) is 7.68. The van der Waals surface area contributed by atoms with Gasteiger partial charge in [-0.2, -0.15) is 0 Å². The Morgan fingerprint density at radius 2 is 2.33 bits per heavy atom. The molecule has 0 aromatic heterocycles. The lowest BCUT2D eigenvalue weighted by Gasteiger charge is -2.30. The molecule has 12 heavy (non-hydrogen) atoms. The number of aliphatic hydroxyl groups is 1. The van der Waals surface area contributed by atoms with E-state index in [9.17, 15) is 5.11 Å². The summed E-state index contributed by atoms with van der Waals surface area (Å²) in [4.78, 5) is 2.17. The van der Waals surface area contributed by atoms with Crippen LogP contribution in [-0.4, -0.2) is 35.2 Å². The van der Waals surface area contributed by atoms with Gasteiger partial charge in [0.2, 0.25) is 0 Å². The lowest BCUT2D eigenvalue weighted by Crippen LogP contribution is -2.40. The third-order valence-corrected chi connectivity index (χ3v) is 2.07. The van der Waals surface area contributed by atoms with Gasteiger partial charge in [0.15, 0.2) is 0 Å². The molecule has 0 atom stereocenters. The molecule has 0 amide bonds. The van der Waals surface area contributed by atoms with E-state index in [1.54, 1.807) is 0 Å². The van der Waals surface area contributed by atoms with E-state index in [2.05, 4.69) is 4.90 Å². The van der Waals surface area contributed by atoms with Crippen LogP contribution in [0.25, 0.3) is 0 Å². The lowest BCUT2D eigenvalue weighted by atomic mass is 10.1. The van der Waals surface area contributed by atoms with Crippen molar-refractivity contribution in [2.24, 2.45) is 0 Å². The molecule has 0 aliphatic carbocycles. The first kappa shape index (κ1) is 10.0. The Kier molecular flexibility index (Phi) is 3.16. The highest BCUT2D eigenvalue weighted by molar-refractivity contribution is 6.29. The Bertz CT molecular complexity index is 183. The van der Waals surface area contributed by atoms with Gasteiger partial charge in [-0.15, -0.1) is 0 Å². The number of hydrogen-bond acceptors (Lipinski definition) is 2. The van der Waals surface area contributed by atoms with Crippen LogP contribution >= 0.6 is 11.6 Å². The standard InChI is InChI=1S/C9H16ClNO/c1-9(2,12)7-11-5-3-4-8(10)6-11/h4,12H,3,5-7H2,1-2H3. The zero-order chi connectivity index (χ0) is 9.19. The lowest BCUT2D eigenvalue weighted by molar-refractivity contribution is 0.0390. The van der Waals surface area contributed by atoms with Crippen molar-refractivity contribution in [3.05, 3.63) is 11.1 Å². The number of halogens is 1. The molecule has 1 aliphatic rings. The third-order valence-electron chi connectivity index (χ3n) is 1.80. The Hall–Kier alpha value is -0.0500. The molecule has 3 heteroatoms. The van der Waals surface area contributed by atoms with E-state index in [1.165, 1.54) is 0 Å². The smallest absolute Gasteiger partial charge is 0.0718 e. The first-order valence-electron chi connectivity index (χ1n) is 4.27. The van der Waals surface area contributed by atoms with Crippen LogP contribution in [0.1, 0.15) is 20.3 Å². The van der Waals surface area contributed by atoms with Crippen molar-refractivity contribution in [2.75, 3.05) is 19.6 Å². The van der Waals surface area contributed by atoms with Crippen LogP contribution < -0.4 is 0 Å². The summed E-state index contributed by atoms with van der Waals surface area (Å²) in [6.07, 6.45) is 3.04. The van der Waals surface area contributed by atoms with Crippen molar-refractivity contribution in [3.8, 4) is 0 Å². The van der Waals surface area contributed by atoms with Crippen molar-refractivity contribution in [1.29, 1.82) is 0 Å². The fourth-order valence-electron chi connectivity index (χ4n) is 1.44. The molecular formula is C9H16ClNO. The fourth-order valence-corrected chi connectivity index (χ4v) is 1.72. The van der Waals surface area contributed by atoms with Gasteiger partial charge >= 0.3 is 0 Å². The average Bonchev–Trinajstić information content (AvgIpc) is 1.82. The van der Waals surface area contributed by atoms with Gasteiger partial charge in [0.25, 0.3) is 0 Å². The molecule has 2 nitrogen and oxygen atoms in total. The van der Waals surface area contributed by atoms with Crippen LogP contribution in [0.2, 0.25) is 0 Å². The molecular weight excluding hydrogens is 174 g/mol. The molecule has 0 saturated carbocycles. The summed E-state index contributed by atoms with van der Waals surface area (Å²) in [7, 11) is 0. The molecule has 0 unspecified atom stereocenters. The summed E-state index contributed by atoms with van der Waals surface area (Å²) in [5, 5.41) is 10.4. The Balaban J connectivity index is 2.40. The molecule has 0 radical (unpaired) electrons. The maximum Gasteiger partial charge on any atom is 0.0718 e. The zero-order valence-corrected chi connectivity index (χ0v) is 8.43. The minimum atomic E-state index is -0.617. The van der Waals surface area contributed by atoms with Crippen LogP contribution in [0.5, 0.6) is 0 Å². The maximum absolute atomic E-state index is 9.55. The number of nitrogens with zero attached hydrogens (tertiary/aromatic N) is 1. The highest BCUT2D eigenvalue weighted by Gasteiger charge is 2.19. The second kappa shape index (κ2) is 3.77. The van der Waals surface area contributed by atoms with Gasteiger partial charge in [0.05, 0.1) is 5.60 Å². The van der Waals surface area contributed by atoms with Crippen molar-refractivity contribution in [1.82, 2.24) is 4.90 Å². The average molecular weight is 190 g/mol. The normalized spacial score (nSPS) is 20.8. The second-order valence-corrected chi connectivity index (χ2v) is 4.45. The monoisotopic (exact) mass is 189 g/mol. The minimum absolute atomic E-state index is 0.617. The molecule has 1 heterocycles. The van der Waals surface area contributed by atoms with E-state index in [0.717, 1.165) is 24.5 Å². The molecule has 0 saturated heterocycles. The van der Waals surface area contributed by atoms with Gasteiger partial charge in [-0.1, -0.05) is 17.7 Å². The summed E-state index contributed by atoms with van der Waals surface area (Å²) in [6, 6.07) is 0. The van der Waals surface area contributed by atoms with Crippen molar-refractivity contribution >= 4 is 11.6 Å². The molecule has 70 valence electrons. The molecule has 1 aliphatic heterocycles. The largest absolute Gasteiger partial charge is 0.389 e. The quantitative estimate of drug-likeness (QED) is 0.713. The Morgan fingerprint density at radius 3 is 2.83 bits per heavy atom. The van der Waals surface area contributed by atoms with Gasteiger partial charge in [-0.05, 0) is 20.3 Å². The summed E-state index contributed by atoms with van der Waals surface area (Å²) >= 11 is 5.88. The predicted molar refractivity (Wildman–Crippen MR) is 51.3 cm³/mol. The molecule has 1 rings (SSSR count). The highest BCUT2D eigenvalue weighted by Crippen LogP contribution is 2.15. The van der Waals surface area contributed by atoms with E-state index in [4.69, 9.17) is 11.6 Å². The van der Waals surface area contributed by atoms with E-state index in [-0.39, 0.29) is 0 Å². The van der Waals surface area contributed by atoms with Gasteiger partial charge in [-0.3, -0.25) is 4.90 Å². The van der Waals surface area contributed by atoms with Crippen molar-refractivity contribution < 1.29 is 5.11 Å². The van der Waals surface area contributed by atoms with Crippen LogP contribution in [0.4, 0.5) is 0 Å². The van der Waals surface area contributed by atoms with Crippen LogP contribution in [0.3, 0.4) is 0 Å². The predicted octanol–water partition coefficient (Wildman–Crippen LogP) is 1.59. The van der Waals surface area contributed by atoms with Gasteiger partial charge in [-0.25, -0.2) is 0 Å². The molecule has 0 aromatic rings. The summed E-state index contributed by atoms with van der Waals surface area (Å²) in [5.41, 5.74) is -0.617. The molecule has 0 fully saturated rings. The number of β-amino-alcohol motifs (C(OH)–C–C–N with tert-alkyl or cyclic N) is 1. The van der Waals surface area contributed by atoms with Gasteiger partial charge in [0.1, 0.15) is 0 Å². The Labute approximate surface area is 78.8 Å². The molecule has 1 N–H and O–H groups in total.